The van der Waals surface area contributed by atoms with Gasteiger partial charge >= 0.3 is 0 Å². The SMILES string of the molecule is O=C(c1ccc(Cl)cc1F)C1CCOC2(CCOCC2)C1. The van der Waals surface area contributed by atoms with E-state index in [0.29, 0.717) is 37.7 Å². The van der Waals surface area contributed by atoms with Crippen molar-refractivity contribution in [3.63, 3.8) is 0 Å². The molecular formula is C16H18ClFO3. The van der Waals surface area contributed by atoms with Gasteiger partial charge in [-0.25, -0.2) is 4.39 Å². The number of carbonyl (C=O) groups excluding carboxylic acids is 1. The molecule has 0 radical (unpaired) electrons. The maximum absolute atomic E-state index is 13.9. The zero-order valence-corrected chi connectivity index (χ0v) is 12.5. The Bertz CT molecular complexity index is 535. The Morgan fingerprint density at radius 2 is 2.05 bits per heavy atom. The average molecular weight is 313 g/mol. The normalized spacial score (nSPS) is 25.0. The van der Waals surface area contributed by atoms with Gasteiger partial charge in [0, 0.05) is 30.8 Å². The smallest absolute Gasteiger partial charge is 0.169 e. The molecule has 2 aliphatic heterocycles. The Labute approximate surface area is 128 Å². The number of ketones is 1. The van der Waals surface area contributed by atoms with E-state index in [2.05, 4.69) is 0 Å². The van der Waals surface area contributed by atoms with Crippen molar-refractivity contribution < 1.29 is 18.7 Å². The molecule has 2 heterocycles. The van der Waals surface area contributed by atoms with E-state index in [-0.39, 0.29) is 22.9 Å². The summed E-state index contributed by atoms with van der Waals surface area (Å²) < 4.78 is 25.2. The molecule has 0 bridgehead atoms. The number of carbonyl (C=O) groups is 1. The molecule has 5 heteroatoms. The molecule has 2 fully saturated rings. The molecule has 1 unspecified atom stereocenters. The molecular weight excluding hydrogens is 295 g/mol. The van der Waals surface area contributed by atoms with Gasteiger partial charge in [0.15, 0.2) is 5.78 Å². The summed E-state index contributed by atoms with van der Waals surface area (Å²) in [7, 11) is 0. The third kappa shape index (κ3) is 3.12. The van der Waals surface area contributed by atoms with E-state index in [1.54, 1.807) is 6.07 Å². The number of Topliss-reactive ketones (excluding diaryl/α,β-unsaturated/α-hetero) is 1. The second kappa shape index (κ2) is 6.03. The molecule has 0 aromatic heterocycles. The van der Waals surface area contributed by atoms with Crippen LogP contribution in [0.1, 0.15) is 36.0 Å². The fourth-order valence-electron chi connectivity index (χ4n) is 3.25. The molecule has 0 amide bonds. The van der Waals surface area contributed by atoms with Crippen molar-refractivity contribution in [3.8, 4) is 0 Å². The first-order valence-electron chi connectivity index (χ1n) is 7.31. The van der Waals surface area contributed by atoms with Crippen LogP contribution in [0.5, 0.6) is 0 Å². The summed E-state index contributed by atoms with van der Waals surface area (Å²) in [5.74, 6) is -0.870. The first-order chi connectivity index (χ1) is 10.1. The molecule has 1 aromatic carbocycles. The lowest BCUT2D eigenvalue weighted by atomic mass is 9.78. The Morgan fingerprint density at radius 3 is 2.76 bits per heavy atom. The first-order valence-corrected chi connectivity index (χ1v) is 7.68. The predicted octanol–water partition coefficient (Wildman–Crippen LogP) is 3.64. The van der Waals surface area contributed by atoms with Crippen molar-refractivity contribution in [1.82, 2.24) is 0 Å². The molecule has 21 heavy (non-hydrogen) atoms. The molecule has 0 saturated carbocycles. The van der Waals surface area contributed by atoms with Crippen molar-refractivity contribution in [2.45, 2.75) is 31.3 Å². The van der Waals surface area contributed by atoms with Gasteiger partial charge in [0.05, 0.1) is 11.2 Å². The van der Waals surface area contributed by atoms with E-state index in [1.165, 1.54) is 12.1 Å². The van der Waals surface area contributed by atoms with Crippen LogP contribution in [0.2, 0.25) is 5.02 Å². The zero-order chi connectivity index (χ0) is 14.9. The number of halogens is 2. The Kier molecular flexibility index (Phi) is 4.29. The lowest BCUT2D eigenvalue weighted by molar-refractivity contribution is -0.142. The van der Waals surface area contributed by atoms with Crippen LogP contribution in [0.15, 0.2) is 18.2 Å². The molecule has 1 aromatic rings. The van der Waals surface area contributed by atoms with Gasteiger partial charge in [-0.2, -0.15) is 0 Å². The van der Waals surface area contributed by atoms with Crippen LogP contribution in [0, 0.1) is 11.7 Å². The number of rotatable bonds is 2. The van der Waals surface area contributed by atoms with Gasteiger partial charge in [0.1, 0.15) is 5.82 Å². The summed E-state index contributed by atoms with van der Waals surface area (Å²) in [4.78, 5) is 12.6. The Morgan fingerprint density at radius 1 is 1.29 bits per heavy atom. The number of hydrogen-bond acceptors (Lipinski definition) is 3. The van der Waals surface area contributed by atoms with Crippen molar-refractivity contribution in [2.24, 2.45) is 5.92 Å². The van der Waals surface area contributed by atoms with Crippen LogP contribution < -0.4 is 0 Å². The Balaban J connectivity index is 1.77. The Hall–Kier alpha value is -0.970. The van der Waals surface area contributed by atoms with E-state index in [0.717, 1.165) is 12.8 Å². The van der Waals surface area contributed by atoms with Crippen LogP contribution in [-0.4, -0.2) is 31.2 Å². The molecule has 0 aliphatic carbocycles. The largest absolute Gasteiger partial charge is 0.381 e. The topological polar surface area (TPSA) is 35.5 Å². The highest BCUT2D eigenvalue weighted by molar-refractivity contribution is 6.30. The van der Waals surface area contributed by atoms with E-state index in [9.17, 15) is 9.18 Å². The average Bonchev–Trinajstić information content (AvgIpc) is 2.47. The second-order valence-corrected chi connectivity index (χ2v) is 6.26. The third-order valence-corrected chi connectivity index (χ3v) is 4.70. The minimum atomic E-state index is -0.542. The van der Waals surface area contributed by atoms with Gasteiger partial charge in [-0.3, -0.25) is 4.79 Å². The molecule has 0 N–H and O–H groups in total. The molecule has 2 saturated heterocycles. The number of ether oxygens (including phenoxy) is 2. The molecule has 2 aliphatic rings. The molecule has 1 spiro atoms. The fraction of sp³-hybridized carbons (Fsp3) is 0.562. The van der Waals surface area contributed by atoms with Gasteiger partial charge in [0.2, 0.25) is 0 Å². The van der Waals surface area contributed by atoms with Crippen LogP contribution >= 0.6 is 11.6 Å². The summed E-state index contributed by atoms with van der Waals surface area (Å²) in [5, 5.41) is 0.303. The zero-order valence-electron chi connectivity index (χ0n) is 11.7. The lowest BCUT2D eigenvalue weighted by Crippen LogP contribution is -2.46. The monoisotopic (exact) mass is 312 g/mol. The number of benzene rings is 1. The molecule has 1 atom stereocenters. The van der Waals surface area contributed by atoms with Crippen LogP contribution in [0.4, 0.5) is 4.39 Å². The lowest BCUT2D eigenvalue weighted by Gasteiger charge is -2.42. The maximum Gasteiger partial charge on any atom is 0.169 e. The first kappa shape index (κ1) is 14.9. The van der Waals surface area contributed by atoms with Gasteiger partial charge < -0.3 is 9.47 Å². The predicted molar refractivity (Wildman–Crippen MR) is 77.2 cm³/mol. The summed E-state index contributed by atoms with van der Waals surface area (Å²) >= 11 is 5.74. The van der Waals surface area contributed by atoms with Crippen molar-refractivity contribution in [2.75, 3.05) is 19.8 Å². The van der Waals surface area contributed by atoms with E-state index in [1.807, 2.05) is 0 Å². The quantitative estimate of drug-likeness (QED) is 0.782. The van der Waals surface area contributed by atoms with Crippen molar-refractivity contribution >= 4 is 17.4 Å². The van der Waals surface area contributed by atoms with Crippen LogP contribution in [0.25, 0.3) is 0 Å². The van der Waals surface area contributed by atoms with E-state index >= 15 is 0 Å². The van der Waals surface area contributed by atoms with Crippen molar-refractivity contribution in [3.05, 3.63) is 34.6 Å². The summed E-state index contributed by atoms with van der Waals surface area (Å²) in [6.07, 6.45) is 2.90. The second-order valence-electron chi connectivity index (χ2n) is 5.82. The minimum Gasteiger partial charge on any atom is -0.381 e. The molecule has 3 rings (SSSR count). The van der Waals surface area contributed by atoms with E-state index in [4.69, 9.17) is 21.1 Å². The highest BCUT2D eigenvalue weighted by Gasteiger charge is 2.41. The highest BCUT2D eigenvalue weighted by Crippen LogP contribution is 2.38. The summed E-state index contributed by atoms with van der Waals surface area (Å²) in [6, 6.07) is 4.23. The van der Waals surface area contributed by atoms with Crippen LogP contribution in [0.3, 0.4) is 0 Å². The third-order valence-electron chi connectivity index (χ3n) is 4.46. The number of hydrogen-bond donors (Lipinski definition) is 0. The standard InChI is InChI=1S/C16H18ClFO3/c17-12-1-2-13(14(18)9-12)15(19)11-3-6-21-16(10-11)4-7-20-8-5-16/h1-2,9,11H,3-8,10H2. The summed E-state index contributed by atoms with van der Waals surface area (Å²) in [5.41, 5.74) is -0.131. The van der Waals surface area contributed by atoms with Gasteiger partial charge in [-0.15, -0.1) is 0 Å². The fourth-order valence-corrected chi connectivity index (χ4v) is 3.41. The summed E-state index contributed by atoms with van der Waals surface area (Å²) in [6.45, 7) is 1.87. The van der Waals surface area contributed by atoms with Gasteiger partial charge in [-0.1, -0.05) is 11.6 Å². The van der Waals surface area contributed by atoms with Crippen LogP contribution in [-0.2, 0) is 9.47 Å². The molecule has 3 nitrogen and oxygen atoms in total. The maximum atomic E-state index is 13.9. The van der Waals surface area contributed by atoms with Gasteiger partial charge in [0.25, 0.3) is 0 Å². The minimum absolute atomic E-state index is 0.133. The van der Waals surface area contributed by atoms with Gasteiger partial charge in [-0.05, 0) is 43.9 Å². The molecule has 114 valence electrons. The highest BCUT2D eigenvalue weighted by atomic mass is 35.5. The van der Waals surface area contributed by atoms with E-state index < -0.39 is 5.82 Å². The van der Waals surface area contributed by atoms with Crippen molar-refractivity contribution in [1.29, 1.82) is 0 Å².